The standard InChI is InChI=1S/C10H21N3O/c1-7(2)13-10(11)12-6-9-4-5-14-8(9)3/h7-9H,4-6H2,1-3H3,(H3,11,12,13). The molecule has 82 valence electrons. The highest BCUT2D eigenvalue weighted by Crippen LogP contribution is 2.20. The molecule has 2 atom stereocenters. The highest BCUT2D eigenvalue weighted by atomic mass is 16.5. The van der Waals surface area contributed by atoms with Gasteiger partial charge in [-0.2, -0.15) is 0 Å². The average Bonchev–Trinajstić information content (AvgIpc) is 2.46. The molecule has 3 N–H and O–H groups in total. The van der Waals surface area contributed by atoms with Crippen LogP contribution in [0.15, 0.2) is 4.99 Å². The molecule has 0 radical (unpaired) electrons. The van der Waals surface area contributed by atoms with Crippen LogP contribution >= 0.6 is 0 Å². The van der Waals surface area contributed by atoms with Crippen molar-refractivity contribution in [1.82, 2.24) is 5.32 Å². The molecule has 0 aromatic carbocycles. The van der Waals surface area contributed by atoms with Gasteiger partial charge in [0.15, 0.2) is 5.96 Å². The highest BCUT2D eigenvalue weighted by molar-refractivity contribution is 5.78. The number of guanidine groups is 1. The summed E-state index contributed by atoms with van der Waals surface area (Å²) in [6.45, 7) is 7.82. The summed E-state index contributed by atoms with van der Waals surface area (Å²) in [6.07, 6.45) is 1.42. The Morgan fingerprint density at radius 1 is 1.64 bits per heavy atom. The van der Waals surface area contributed by atoms with E-state index in [-0.39, 0.29) is 0 Å². The molecule has 14 heavy (non-hydrogen) atoms. The topological polar surface area (TPSA) is 59.6 Å². The minimum absolute atomic E-state index is 0.325. The van der Waals surface area contributed by atoms with Gasteiger partial charge in [0, 0.05) is 25.1 Å². The van der Waals surface area contributed by atoms with Gasteiger partial charge < -0.3 is 15.8 Å². The van der Waals surface area contributed by atoms with Crippen LogP contribution in [-0.2, 0) is 4.74 Å². The van der Waals surface area contributed by atoms with E-state index >= 15 is 0 Å². The molecule has 0 aromatic heterocycles. The fourth-order valence-corrected chi connectivity index (χ4v) is 1.57. The summed E-state index contributed by atoms with van der Waals surface area (Å²) in [7, 11) is 0. The Kier molecular flexibility index (Phi) is 4.20. The third kappa shape index (κ3) is 3.54. The molecule has 1 aliphatic rings. The smallest absolute Gasteiger partial charge is 0.188 e. The van der Waals surface area contributed by atoms with Crippen LogP contribution in [0.3, 0.4) is 0 Å². The number of ether oxygens (including phenoxy) is 1. The van der Waals surface area contributed by atoms with Crippen LogP contribution in [0.2, 0.25) is 0 Å². The molecule has 1 aliphatic heterocycles. The normalized spacial score (nSPS) is 28.4. The molecular formula is C10H21N3O. The van der Waals surface area contributed by atoms with E-state index in [1.807, 2.05) is 13.8 Å². The number of nitrogens with two attached hydrogens (primary N) is 1. The van der Waals surface area contributed by atoms with Gasteiger partial charge in [-0.25, -0.2) is 0 Å². The molecular weight excluding hydrogens is 178 g/mol. The van der Waals surface area contributed by atoms with Crippen LogP contribution in [0.5, 0.6) is 0 Å². The van der Waals surface area contributed by atoms with Gasteiger partial charge in [0.05, 0.1) is 6.10 Å². The SMILES string of the molecule is CC(C)NC(N)=NCC1CCOC1C. The first-order chi connectivity index (χ1) is 6.59. The van der Waals surface area contributed by atoms with Crippen LogP contribution in [0.25, 0.3) is 0 Å². The predicted octanol–water partition coefficient (Wildman–Crippen LogP) is 0.724. The Hall–Kier alpha value is -0.770. The van der Waals surface area contributed by atoms with Gasteiger partial charge in [-0.05, 0) is 27.2 Å². The van der Waals surface area contributed by atoms with Gasteiger partial charge in [-0.1, -0.05) is 0 Å². The fourth-order valence-electron chi connectivity index (χ4n) is 1.57. The maximum atomic E-state index is 5.70. The summed E-state index contributed by atoms with van der Waals surface area (Å²) in [5.74, 6) is 1.07. The van der Waals surface area contributed by atoms with Gasteiger partial charge in [0.2, 0.25) is 0 Å². The maximum Gasteiger partial charge on any atom is 0.188 e. The van der Waals surface area contributed by atoms with Crippen molar-refractivity contribution in [3.05, 3.63) is 0 Å². The lowest BCUT2D eigenvalue weighted by Gasteiger charge is -2.13. The third-order valence-electron chi connectivity index (χ3n) is 2.47. The van der Waals surface area contributed by atoms with E-state index in [4.69, 9.17) is 10.5 Å². The van der Waals surface area contributed by atoms with E-state index < -0.39 is 0 Å². The predicted molar refractivity (Wildman–Crippen MR) is 58.3 cm³/mol. The molecule has 0 saturated carbocycles. The van der Waals surface area contributed by atoms with Crippen LogP contribution in [0.1, 0.15) is 27.2 Å². The number of nitrogens with one attached hydrogen (secondary N) is 1. The van der Waals surface area contributed by atoms with Crippen molar-refractivity contribution < 1.29 is 4.74 Å². The van der Waals surface area contributed by atoms with E-state index in [0.717, 1.165) is 19.6 Å². The minimum atomic E-state index is 0.325. The lowest BCUT2D eigenvalue weighted by Crippen LogP contribution is -2.37. The second-order valence-electron chi connectivity index (χ2n) is 4.15. The van der Waals surface area contributed by atoms with Crippen molar-refractivity contribution in [1.29, 1.82) is 0 Å². The van der Waals surface area contributed by atoms with Crippen LogP contribution in [0.4, 0.5) is 0 Å². The van der Waals surface area contributed by atoms with E-state index in [9.17, 15) is 0 Å². The van der Waals surface area contributed by atoms with Gasteiger partial charge >= 0.3 is 0 Å². The van der Waals surface area contributed by atoms with Gasteiger partial charge in [-0.3, -0.25) is 4.99 Å². The molecule has 0 bridgehead atoms. The summed E-state index contributed by atoms with van der Waals surface area (Å²) in [6, 6.07) is 0.344. The fraction of sp³-hybridized carbons (Fsp3) is 0.900. The lowest BCUT2D eigenvalue weighted by atomic mass is 10.0. The Balaban J connectivity index is 2.30. The summed E-state index contributed by atoms with van der Waals surface area (Å²) in [5, 5.41) is 3.07. The largest absolute Gasteiger partial charge is 0.378 e. The number of hydrogen-bond donors (Lipinski definition) is 2. The number of aliphatic imine (C=N–C) groups is 1. The molecule has 0 aliphatic carbocycles. The number of hydrogen-bond acceptors (Lipinski definition) is 2. The molecule has 2 unspecified atom stereocenters. The molecule has 1 rings (SSSR count). The van der Waals surface area contributed by atoms with Crippen molar-refractivity contribution in [3.8, 4) is 0 Å². The van der Waals surface area contributed by atoms with Crippen LogP contribution in [-0.4, -0.2) is 31.3 Å². The van der Waals surface area contributed by atoms with E-state index in [1.54, 1.807) is 0 Å². The Morgan fingerprint density at radius 2 is 2.36 bits per heavy atom. The zero-order valence-corrected chi connectivity index (χ0v) is 9.29. The molecule has 1 heterocycles. The first kappa shape index (κ1) is 11.3. The van der Waals surface area contributed by atoms with Crippen molar-refractivity contribution in [2.45, 2.75) is 39.3 Å². The van der Waals surface area contributed by atoms with Crippen molar-refractivity contribution in [3.63, 3.8) is 0 Å². The zero-order chi connectivity index (χ0) is 10.6. The molecule has 1 fully saturated rings. The second-order valence-corrected chi connectivity index (χ2v) is 4.15. The monoisotopic (exact) mass is 199 g/mol. The Labute approximate surface area is 85.9 Å². The maximum absolute atomic E-state index is 5.70. The third-order valence-corrected chi connectivity index (χ3v) is 2.47. The van der Waals surface area contributed by atoms with Crippen molar-refractivity contribution in [2.24, 2.45) is 16.6 Å². The summed E-state index contributed by atoms with van der Waals surface area (Å²) in [5.41, 5.74) is 5.70. The van der Waals surface area contributed by atoms with Gasteiger partial charge in [0.25, 0.3) is 0 Å². The lowest BCUT2D eigenvalue weighted by molar-refractivity contribution is 0.107. The highest BCUT2D eigenvalue weighted by Gasteiger charge is 2.23. The van der Waals surface area contributed by atoms with E-state index in [2.05, 4.69) is 17.2 Å². The first-order valence-corrected chi connectivity index (χ1v) is 5.27. The van der Waals surface area contributed by atoms with Crippen molar-refractivity contribution >= 4 is 5.96 Å². The number of rotatable bonds is 3. The van der Waals surface area contributed by atoms with Crippen LogP contribution < -0.4 is 11.1 Å². The first-order valence-electron chi connectivity index (χ1n) is 5.27. The van der Waals surface area contributed by atoms with Gasteiger partial charge in [-0.15, -0.1) is 0 Å². The summed E-state index contributed by atoms with van der Waals surface area (Å²) in [4.78, 5) is 4.30. The summed E-state index contributed by atoms with van der Waals surface area (Å²) >= 11 is 0. The molecule has 0 amide bonds. The molecule has 0 spiro atoms. The Bertz CT molecular complexity index is 204. The Morgan fingerprint density at radius 3 is 2.86 bits per heavy atom. The van der Waals surface area contributed by atoms with Crippen LogP contribution in [0, 0.1) is 5.92 Å². The molecule has 4 heteroatoms. The van der Waals surface area contributed by atoms with E-state index in [0.29, 0.717) is 24.0 Å². The summed E-state index contributed by atoms with van der Waals surface area (Å²) < 4.78 is 5.45. The average molecular weight is 199 g/mol. The molecule has 4 nitrogen and oxygen atoms in total. The minimum Gasteiger partial charge on any atom is -0.378 e. The van der Waals surface area contributed by atoms with E-state index in [1.165, 1.54) is 0 Å². The number of nitrogens with zero attached hydrogens (tertiary/aromatic N) is 1. The molecule has 0 aromatic rings. The molecule has 1 saturated heterocycles. The second kappa shape index (κ2) is 5.20. The van der Waals surface area contributed by atoms with Gasteiger partial charge in [0.1, 0.15) is 0 Å². The zero-order valence-electron chi connectivity index (χ0n) is 9.29. The quantitative estimate of drug-likeness (QED) is 0.520. The van der Waals surface area contributed by atoms with Crippen molar-refractivity contribution in [2.75, 3.05) is 13.2 Å².